The summed E-state index contributed by atoms with van der Waals surface area (Å²) in [5.41, 5.74) is 0.0819. The van der Waals surface area contributed by atoms with E-state index in [4.69, 9.17) is 14.6 Å². The SMILES string of the molecule is CCCCOc1c(CNC(=O)OC(C)(C)C)n(CC(C)(C)C)c(=O)c2ccc(/C=C/C(=O)O)cc12. The summed E-state index contributed by atoms with van der Waals surface area (Å²) in [4.78, 5) is 37.0. The molecule has 0 spiro atoms. The van der Waals surface area contributed by atoms with E-state index >= 15 is 0 Å². The molecular weight excluding hydrogens is 448 g/mol. The first kappa shape index (κ1) is 28.0. The number of hydrogen-bond acceptors (Lipinski definition) is 5. The van der Waals surface area contributed by atoms with Gasteiger partial charge in [-0.2, -0.15) is 0 Å². The Hall–Kier alpha value is -3.29. The molecule has 0 saturated heterocycles. The molecule has 0 unspecified atom stereocenters. The average Bonchev–Trinajstić information content (AvgIpc) is 2.72. The van der Waals surface area contributed by atoms with Crippen molar-refractivity contribution in [3.63, 3.8) is 0 Å². The Labute approximate surface area is 206 Å². The van der Waals surface area contributed by atoms with Crippen molar-refractivity contribution in [3.8, 4) is 5.75 Å². The third-order valence-electron chi connectivity index (χ3n) is 4.95. The molecule has 0 aliphatic rings. The fraction of sp³-hybridized carbons (Fsp3) is 0.519. The van der Waals surface area contributed by atoms with Gasteiger partial charge >= 0.3 is 12.1 Å². The van der Waals surface area contributed by atoms with E-state index < -0.39 is 17.7 Å². The molecule has 35 heavy (non-hydrogen) atoms. The highest BCUT2D eigenvalue weighted by Crippen LogP contribution is 2.31. The number of unbranched alkanes of at least 4 members (excludes halogenated alkanes) is 1. The predicted octanol–water partition coefficient (Wildman–Crippen LogP) is 5.35. The second-order valence-electron chi connectivity index (χ2n) is 10.8. The lowest BCUT2D eigenvalue weighted by Gasteiger charge is -2.26. The van der Waals surface area contributed by atoms with Crippen molar-refractivity contribution in [2.75, 3.05) is 6.61 Å². The van der Waals surface area contributed by atoms with Crippen LogP contribution in [0.5, 0.6) is 5.75 Å². The number of benzene rings is 1. The number of nitrogens with one attached hydrogen (secondary N) is 1. The molecular formula is C27H38N2O6. The summed E-state index contributed by atoms with van der Waals surface area (Å²) in [6, 6.07) is 5.14. The minimum absolute atomic E-state index is 0.0345. The van der Waals surface area contributed by atoms with Crippen LogP contribution in [0.25, 0.3) is 16.8 Å². The summed E-state index contributed by atoms with van der Waals surface area (Å²) in [6.07, 6.45) is 3.67. The van der Waals surface area contributed by atoms with Gasteiger partial charge in [0.25, 0.3) is 5.56 Å². The average molecular weight is 487 g/mol. The molecule has 8 heteroatoms. The van der Waals surface area contributed by atoms with Gasteiger partial charge in [0.05, 0.1) is 24.2 Å². The van der Waals surface area contributed by atoms with Crippen LogP contribution in [0, 0.1) is 5.41 Å². The van der Waals surface area contributed by atoms with Crippen LogP contribution in [0.3, 0.4) is 0 Å². The van der Waals surface area contributed by atoms with Crippen molar-refractivity contribution in [1.29, 1.82) is 0 Å². The quantitative estimate of drug-likeness (QED) is 0.366. The van der Waals surface area contributed by atoms with E-state index in [1.54, 1.807) is 43.5 Å². The molecule has 1 heterocycles. The number of carboxylic acids is 1. The van der Waals surface area contributed by atoms with Crippen LogP contribution in [0.4, 0.5) is 4.79 Å². The molecule has 2 aromatic rings. The second-order valence-corrected chi connectivity index (χ2v) is 10.8. The lowest BCUT2D eigenvalue weighted by atomic mass is 9.96. The van der Waals surface area contributed by atoms with Crippen molar-refractivity contribution in [3.05, 3.63) is 45.9 Å². The number of rotatable bonds is 9. The van der Waals surface area contributed by atoms with Crippen LogP contribution in [0.2, 0.25) is 0 Å². The number of carbonyl (C=O) groups excluding carboxylic acids is 1. The Morgan fingerprint density at radius 1 is 1.11 bits per heavy atom. The highest BCUT2D eigenvalue weighted by Gasteiger charge is 2.24. The van der Waals surface area contributed by atoms with E-state index in [0.29, 0.717) is 40.9 Å². The number of carbonyl (C=O) groups is 2. The monoisotopic (exact) mass is 486 g/mol. The number of nitrogens with zero attached hydrogens (tertiary/aromatic N) is 1. The lowest BCUT2D eigenvalue weighted by molar-refractivity contribution is -0.131. The number of aliphatic carboxylic acids is 1. The summed E-state index contributed by atoms with van der Waals surface area (Å²) < 4.78 is 13.3. The standard InChI is InChI=1S/C27H38N2O6/c1-8-9-14-34-23-20-15-18(11-13-22(30)31)10-12-19(20)24(32)29(17-26(2,3)4)21(23)16-28-25(33)35-27(5,6)7/h10-13,15H,8-9,14,16-17H2,1-7H3,(H,28,33)(H,30,31)/b13-11+. The third kappa shape index (κ3) is 8.46. The number of pyridine rings is 1. The van der Waals surface area contributed by atoms with Crippen molar-refractivity contribution >= 4 is 28.9 Å². The number of alkyl carbamates (subject to hydrolysis) is 1. The molecule has 1 aromatic heterocycles. The maximum absolute atomic E-state index is 13.6. The van der Waals surface area contributed by atoms with E-state index in [1.165, 1.54) is 6.08 Å². The Morgan fingerprint density at radius 2 is 1.80 bits per heavy atom. The first-order valence-electron chi connectivity index (χ1n) is 11.9. The first-order valence-corrected chi connectivity index (χ1v) is 11.9. The Bertz CT molecular complexity index is 1150. The van der Waals surface area contributed by atoms with Gasteiger partial charge in [-0.1, -0.05) is 40.2 Å². The van der Waals surface area contributed by atoms with Crippen LogP contribution in [0.15, 0.2) is 29.1 Å². The Balaban J connectivity index is 2.73. The van der Waals surface area contributed by atoms with Gasteiger partial charge in [-0.25, -0.2) is 9.59 Å². The van der Waals surface area contributed by atoms with Gasteiger partial charge in [0.2, 0.25) is 0 Å². The number of carboxylic acid groups (broad SMARTS) is 1. The van der Waals surface area contributed by atoms with Gasteiger partial charge in [-0.3, -0.25) is 4.79 Å². The molecule has 2 rings (SSSR count). The van der Waals surface area contributed by atoms with Gasteiger partial charge in [0.1, 0.15) is 11.4 Å². The van der Waals surface area contributed by atoms with Gasteiger partial charge in [0.15, 0.2) is 0 Å². The largest absolute Gasteiger partial charge is 0.491 e. The second kappa shape index (κ2) is 11.4. The molecule has 8 nitrogen and oxygen atoms in total. The Kier molecular flexibility index (Phi) is 9.12. The summed E-state index contributed by atoms with van der Waals surface area (Å²) in [7, 11) is 0. The number of hydrogen-bond donors (Lipinski definition) is 2. The van der Waals surface area contributed by atoms with E-state index in [-0.39, 0.29) is 17.5 Å². The van der Waals surface area contributed by atoms with E-state index in [2.05, 4.69) is 12.2 Å². The van der Waals surface area contributed by atoms with E-state index in [0.717, 1.165) is 18.9 Å². The molecule has 0 saturated carbocycles. The number of amides is 1. The fourth-order valence-corrected chi connectivity index (χ4v) is 3.52. The minimum atomic E-state index is -1.06. The van der Waals surface area contributed by atoms with Gasteiger partial charge in [-0.05, 0) is 56.4 Å². The van der Waals surface area contributed by atoms with Crippen LogP contribution < -0.4 is 15.6 Å². The van der Waals surface area contributed by atoms with Crippen molar-refractivity contribution in [2.24, 2.45) is 5.41 Å². The van der Waals surface area contributed by atoms with Crippen LogP contribution in [-0.4, -0.2) is 33.9 Å². The Morgan fingerprint density at radius 3 is 2.37 bits per heavy atom. The zero-order valence-corrected chi connectivity index (χ0v) is 21.9. The maximum Gasteiger partial charge on any atom is 0.407 e. The fourth-order valence-electron chi connectivity index (χ4n) is 3.52. The van der Waals surface area contributed by atoms with E-state index in [1.807, 2.05) is 20.8 Å². The maximum atomic E-state index is 13.6. The smallest absolute Gasteiger partial charge is 0.407 e. The predicted molar refractivity (Wildman–Crippen MR) is 138 cm³/mol. The van der Waals surface area contributed by atoms with Crippen molar-refractivity contribution < 1.29 is 24.2 Å². The summed E-state index contributed by atoms with van der Waals surface area (Å²) in [5, 5.41) is 12.8. The first-order chi connectivity index (χ1) is 16.2. The van der Waals surface area contributed by atoms with Crippen molar-refractivity contribution in [1.82, 2.24) is 9.88 Å². The molecule has 0 aliphatic heterocycles. The number of ether oxygens (including phenoxy) is 2. The molecule has 2 N–H and O–H groups in total. The summed E-state index contributed by atoms with van der Waals surface area (Å²) in [6.45, 7) is 14.4. The highest BCUT2D eigenvalue weighted by molar-refractivity contribution is 5.92. The molecule has 0 radical (unpaired) electrons. The molecule has 0 atom stereocenters. The molecule has 0 fully saturated rings. The highest BCUT2D eigenvalue weighted by atomic mass is 16.6. The van der Waals surface area contributed by atoms with Gasteiger partial charge in [-0.15, -0.1) is 0 Å². The lowest BCUT2D eigenvalue weighted by Crippen LogP contribution is -2.36. The summed E-state index contributed by atoms with van der Waals surface area (Å²) >= 11 is 0. The van der Waals surface area contributed by atoms with E-state index in [9.17, 15) is 14.4 Å². The molecule has 1 amide bonds. The normalized spacial score (nSPS) is 12.2. The van der Waals surface area contributed by atoms with Gasteiger partial charge in [0, 0.05) is 18.0 Å². The minimum Gasteiger partial charge on any atom is -0.491 e. The number of aromatic nitrogens is 1. The molecule has 0 aliphatic carbocycles. The third-order valence-corrected chi connectivity index (χ3v) is 4.95. The van der Waals surface area contributed by atoms with Crippen LogP contribution >= 0.6 is 0 Å². The summed E-state index contributed by atoms with van der Waals surface area (Å²) in [5.74, 6) is -0.564. The topological polar surface area (TPSA) is 107 Å². The molecule has 0 bridgehead atoms. The van der Waals surface area contributed by atoms with Gasteiger partial charge < -0.3 is 24.5 Å². The molecule has 192 valence electrons. The molecule has 1 aromatic carbocycles. The van der Waals surface area contributed by atoms with Crippen LogP contribution in [0.1, 0.15) is 72.6 Å². The van der Waals surface area contributed by atoms with Crippen LogP contribution in [-0.2, 0) is 22.6 Å². The zero-order chi connectivity index (χ0) is 26.4. The van der Waals surface area contributed by atoms with Crippen molar-refractivity contribution in [2.45, 2.75) is 80.0 Å². The number of fused-ring (bicyclic) bond motifs is 1. The zero-order valence-electron chi connectivity index (χ0n) is 21.9.